The Balaban J connectivity index is 1.54. The highest BCUT2D eigenvalue weighted by atomic mass is 79.9. The summed E-state index contributed by atoms with van der Waals surface area (Å²) in [5.41, 5.74) is 5.28. The van der Waals surface area contributed by atoms with Gasteiger partial charge in [-0.15, -0.1) is 0 Å². The number of rotatable bonds is 5. The Morgan fingerprint density at radius 1 is 1.00 bits per heavy atom. The second-order valence-corrected chi connectivity index (χ2v) is 8.73. The first kappa shape index (κ1) is 19.9. The van der Waals surface area contributed by atoms with Gasteiger partial charge in [0.1, 0.15) is 5.75 Å². The van der Waals surface area contributed by atoms with Gasteiger partial charge in [-0.1, -0.05) is 76.6 Å². The predicted molar refractivity (Wildman–Crippen MR) is 121 cm³/mol. The Hall–Kier alpha value is -2.44. The zero-order valence-electron chi connectivity index (χ0n) is 15.3. The van der Waals surface area contributed by atoms with Crippen molar-refractivity contribution in [3.63, 3.8) is 0 Å². The molecule has 0 unspecified atom stereocenters. The van der Waals surface area contributed by atoms with E-state index in [2.05, 4.69) is 66.7 Å². The molecule has 1 saturated carbocycles. The van der Waals surface area contributed by atoms with Crippen molar-refractivity contribution in [1.82, 2.24) is 5.43 Å². The van der Waals surface area contributed by atoms with Crippen LogP contribution in [0.15, 0.2) is 86.8 Å². The van der Waals surface area contributed by atoms with Crippen molar-refractivity contribution < 1.29 is 9.90 Å². The molecule has 0 heterocycles. The van der Waals surface area contributed by atoms with Gasteiger partial charge in [-0.05, 0) is 45.6 Å². The molecule has 146 valence electrons. The molecule has 1 aliphatic rings. The number of halogens is 2. The fourth-order valence-electron chi connectivity index (χ4n) is 3.75. The molecule has 4 rings (SSSR count). The maximum Gasteiger partial charge on any atom is 0.244 e. The van der Waals surface area contributed by atoms with E-state index in [0.717, 1.165) is 22.0 Å². The third kappa shape index (κ3) is 3.87. The Labute approximate surface area is 185 Å². The van der Waals surface area contributed by atoms with Crippen LogP contribution in [0.2, 0.25) is 0 Å². The van der Waals surface area contributed by atoms with E-state index in [1.807, 2.05) is 36.4 Å². The lowest BCUT2D eigenvalue weighted by atomic mass is 9.85. The number of amides is 1. The van der Waals surface area contributed by atoms with Crippen LogP contribution in [0.5, 0.6) is 5.75 Å². The van der Waals surface area contributed by atoms with Gasteiger partial charge in [-0.2, -0.15) is 5.10 Å². The molecule has 0 aromatic heterocycles. The maximum atomic E-state index is 12.9. The average Bonchev–Trinajstić information content (AvgIpc) is 3.50. The minimum atomic E-state index is -0.321. The van der Waals surface area contributed by atoms with E-state index >= 15 is 0 Å². The summed E-state index contributed by atoms with van der Waals surface area (Å²) in [6.07, 6.45) is 2.26. The molecule has 0 aliphatic heterocycles. The van der Waals surface area contributed by atoms with Crippen LogP contribution in [0.25, 0.3) is 0 Å². The molecule has 2 N–H and O–H groups in total. The van der Waals surface area contributed by atoms with E-state index in [0.29, 0.717) is 10.0 Å². The third-order valence-electron chi connectivity index (χ3n) is 5.30. The van der Waals surface area contributed by atoms with Crippen LogP contribution in [-0.4, -0.2) is 17.2 Å². The lowest BCUT2D eigenvalue weighted by Crippen LogP contribution is -2.25. The first-order chi connectivity index (χ1) is 14.0. The molecule has 29 heavy (non-hydrogen) atoms. The lowest BCUT2D eigenvalue weighted by molar-refractivity contribution is -0.122. The van der Waals surface area contributed by atoms with Gasteiger partial charge in [0.05, 0.1) is 16.6 Å². The number of aromatic hydroxyl groups is 1. The van der Waals surface area contributed by atoms with E-state index in [1.165, 1.54) is 6.21 Å². The fourth-order valence-corrected chi connectivity index (χ4v) is 4.85. The van der Waals surface area contributed by atoms with Gasteiger partial charge in [-0.25, -0.2) is 5.43 Å². The summed E-state index contributed by atoms with van der Waals surface area (Å²) in [4.78, 5) is 12.9. The molecule has 1 amide bonds. The number of hydrazone groups is 1. The summed E-state index contributed by atoms with van der Waals surface area (Å²) < 4.78 is 1.34. The summed E-state index contributed by atoms with van der Waals surface area (Å²) in [6.45, 7) is 0. The normalized spacial score (nSPS) is 17.2. The fraction of sp³-hybridized carbons (Fsp3) is 0.130. The maximum absolute atomic E-state index is 12.9. The Morgan fingerprint density at radius 3 is 2.17 bits per heavy atom. The number of phenolic OH excluding ortho intramolecular Hbond substituents is 1. The largest absolute Gasteiger partial charge is 0.507 e. The number of benzene rings is 3. The number of nitrogens with zero attached hydrogens (tertiary/aromatic N) is 1. The van der Waals surface area contributed by atoms with E-state index in [-0.39, 0.29) is 23.0 Å². The monoisotopic (exact) mass is 512 g/mol. The van der Waals surface area contributed by atoms with Crippen molar-refractivity contribution in [2.45, 2.75) is 11.8 Å². The van der Waals surface area contributed by atoms with Crippen molar-refractivity contribution in [3.8, 4) is 5.75 Å². The van der Waals surface area contributed by atoms with Crippen molar-refractivity contribution in [2.24, 2.45) is 11.0 Å². The number of carbonyl (C=O) groups is 1. The summed E-state index contributed by atoms with van der Waals surface area (Å²) in [5.74, 6) is -0.201. The quantitative estimate of drug-likeness (QED) is 0.355. The van der Waals surface area contributed by atoms with E-state index in [4.69, 9.17) is 0 Å². The topological polar surface area (TPSA) is 61.7 Å². The van der Waals surface area contributed by atoms with Crippen LogP contribution in [-0.2, 0) is 10.2 Å². The van der Waals surface area contributed by atoms with Crippen LogP contribution >= 0.6 is 31.9 Å². The van der Waals surface area contributed by atoms with Crippen LogP contribution in [0.3, 0.4) is 0 Å². The van der Waals surface area contributed by atoms with Gasteiger partial charge in [-0.3, -0.25) is 4.79 Å². The Morgan fingerprint density at radius 2 is 1.59 bits per heavy atom. The van der Waals surface area contributed by atoms with E-state index in [1.54, 1.807) is 12.1 Å². The minimum Gasteiger partial charge on any atom is -0.507 e. The Kier molecular flexibility index (Phi) is 5.56. The molecule has 0 spiro atoms. The lowest BCUT2D eigenvalue weighted by Gasteiger charge is -2.18. The van der Waals surface area contributed by atoms with Crippen LogP contribution in [0.4, 0.5) is 0 Å². The molecule has 1 atom stereocenters. The highest BCUT2D eigenvalue weighted by molar-refractivity contribution is 9.11. The molecule has 1 aliphatic carbocycles. The Bertz CT molecular complexity index is 1030. The zero-order chi connectivity index (χ0) is 20.4. The smallest absolute Gasteiger partial charge is 0.244 e. The van der Waals surface area contributed by atoms with Crippen LogP contribution in [0, 0.1) is 5.92 Å². The molecule has 0 saturated heterocycles. The van der Waals surface area contributed by atoms with Gasteiger partial charge in [0.25, 0.3) is 0 Å². The number of carbonyl (C=O) groups excluding carboxylic acids is 1. The van der Waals surface area contributed by atoms with Crippen molar-refractivity contribution >= 4 is 44.0 Å². The molecular weight excluding hydrogens is 496 g/mol. The highest BCUT2D eigenvalue weighted by Crippen LogP contribution is 2.58. The predicted octanol–water partition coefficient (Wildman–Crippen LogP) is 5.37. The van der Waals surface area contributed by atoms with Gasteiger partial charge in [0.15, 0.2) is 0 Å². The SMILES string of the molecule is O=C(NN=Cc1cc(O)c(Br)cc1Br)[C@@H]1CC1(c1ccccc1)c1ccccc1. The van der Waals surface area contributed by atoms with Gasteiger partial charge in [0.2, 0.25) is 5.91 Å². The molecule has 0 bridgehead atoms. The third-order valence-corrected chi connectivity index (χ3v) is 6.62. The van der Waals surface area contributed by atoms with Gasteiger partial charge < -0.3 is 5.11 Å². The summed E-state index contributed by atoms with van der Waals surface area (Å²) in [7, 11) is 0. The molecular formula is C23H18Br2N2O2. The molecule has 3 aromatic carbocycles. The van der Waals surface area contributed by atoms with Gasteiger partial charge in [0, 0.05) is 15.5 Å². The van der Waals surface area contributed by atoms with E-state index in [9.17, 15) is 9.90 Å². The van der Waals surface area contributed by atoms with Crippen molar-refractivity contribution in [3.05, 3.63) is 98.4 Å². The number of hydrogen-bond donors (Lipinski definition) is 2. The second-order valence-electron chi connectivity index (χ2n) is 7.02. The number of nitrogens with one attached hydrogen (secondary N) is 1. The van der Waals surface area contributed by atoms with Crippen LogP contribution in [0.1, 0.15) is 23.1 Å². The van der Waals surface area contributed by atoms with Crippen molar-refractivity contribution in [2.75, 3.05) is 0 Å². The first-order valence-corrected chi connectivity index (χ1v) is 10.7. The molecule has 0 radical (unpaired) electrons. The average molecular weight is 514 g/mol. The second kappa shape index (κ2) is 8.13. The summed E-state index contributed by atoms with van der Waals surface area (Å²) in [5, 5.41) is 13.9. The standard InChI is InChI=1S/C23H18Br2N2O2/c24-19-12-20(25)21(28)11-15(19)14-26-27-22(29)18-13-23(18,16-7-3-1-4-8-16)17-9-5-2-6-10-17/h1-12,14,18,28H,13H2,(H,27,29)/t18-/m0/s1. The number of phenols is 1. The summed E-state index contributed by atoms with van der Waals surface area (Å²) >= 11 is 6.69. The van der Waals surface area contributed by atoms with Crippen molar-refractivity contribution in [1.29, 1.82) is 0 Å². The minimum absolute atomic E-state index is 0.107. The summed E-state index contributed by atoms with van der Waals surface area (Å²) in [6, 6.07) is 23.6. The molecule has 4 nitrogen and oxygen atoms in total. The first-order valence-electron chi connectivity index (χ1n) is 9.14. The number of hydrogen-bond acceptors (Lipinski definition) is 3. The molecule has 1 fully saturated rings. The molecule has 6 heteroatoms. The highest BCUT2D eigenvalue weighted by Gasteiger charge is 2.60. The molecule has 3 aromatic rings. The van der Waals surface area contributed by atoms with E-state index < -0.39 is 0 Å². The van der Waals surface area contributed by atoms with Gasteiger partial charge >= 0.3 is 0 Å². The zero-order valence-corrected chi connectivity index (χ0v) is 18.5. The van der Waals surface area contributed by atoms with Crippen LogP contribution < -0.4 is 5.43 Å².